The number of carbonyl (C=O) groups is 2. The van der Waals surface area contributed by atoms with Gasteiger partial charge in [-0.2, -0.15) is 0 Å². The lowest BCUT2D eigenvalue weighted by molar-refractivity contribution is -0.158. The van der Waals surface area contributed by atoms with Gasteiger partial charge in [-0.05, 0) is 12.1 Å². The van der Waals surface area contributed by atoms with Crippen molar-refractivity contribution in [2.45, 2.75) is 6.10 Å². The maximum Gasteiger partial charge on any atom is 0.336 e. The minimum absolute atomic E-state index is 0.165. The Morgan fingerprint density at radius 2 is 1.95 bits per heavy atom. The molecule has 0 radical (unpaired) electrons. The molecule has 1 aliphatic heterocycles. The number of rotatable bonds is 3. The summed E-state index contributed by atoms with van der Waals surface area (Å²) in [4.78, 5) is 25.7. The van der Waals surface area contributed by atoms with E-state index in [1.165, 1.54) is 7.11 Å². The number of hydrogen-bond donors (Lipinski definition) is 1. The summed E-state index contributed by atoms with van der Waals surface area (Å²) in [5, 5.41) is 0. The number of benzene rings is 1. The minimum Gasteiger partial charge on any atom is -0.467 e. The fraction of sp³-hybridized carbons (Fsp3) is 0.357. The van der Waals surface area contributed by atoms with Crippen molar-refractivity contribution in [2.24, 2.45) is 5.73 Å². The first-order chi connectivity index (χ1) is 10.0. The highest BCUT2D eigenvalue weighted by molar-refractivity contribution is 7.80. The van der Waals surface area contributed by atoms with Crippen LogP contribution in [0.1, 0.15) is 15.9 Å². The predicted molar refractivity (Wildman–Crippen MR) is 80.0 cm³/mol. The van der Waals surface area contributed by atoms with Crippen molar-refractivity contribution in [3.8, 4) is 0 Å². The Bertz CT molecular complexity index is 559. The van der Waals surface area contributed by atoms with E-state index in [-0.39, 0.29) is 17.4 Å². The highest BCUT2D eigenvalue weighted by Crippen LogP contribution is 2.12. The SMILES string of the molecule is COC(=O)C1CN(C(=O)c2ccc(C(N)=S)cc2)CCO1. The molecule has 112 valence electrons. The van der Waals surface area contributed by atoms with E-state index in [2.05, 4.69) is 4.74 Å². The Balaban J connectivity index is 2.08. The number of carbonyl (C=O) groups excluding carboxylic acids is 2. The zero-order valence-electron chi connectivity index (χ0n) is 11.6. The molecule has 7 heteroatoms. The average molecular weight is 308 g/mol. The molecule has 1 amide bonds. The Morgan fingerprint density at radius 3 is 2.52 bits per heavy atom. The molecule has 0 aliphatic carbocycles. The zero-order valence-corrected chi connectivity index (χ0v) is 12.4. The van der Waals surface area contributed by atoms with Gasteiger partial charge < -0.3 is 20.1 Å². The van der Waals surface area contributed by atoms with Crippen molar-refractivity contribution in [3.63, 3.8) is 0 Å². The number of nitrogens with two attached hydrogens (primary N) is 1. The number of amides is 1. The van der Waals surface area contributed by atoms with Crippen LogP contribution in [-0.4, -0.2) is 54.7 Å². The van der Waals surface area contributed by atoms with Crippen LogP contribution in [-0.2, 0) is 14.3 Å². The van der Waals surface area contributed by atoms with Crippen molar-refractivity contribution in [1.29, 1.82) is 0 Å². The van der Waals surface area contributed by atoms with Crippen LogP contribution in [0.3, 0.4) is 0 Å². The molecule has 6 nitrogen and oxygen atoms in total. The molecule has 1 unspecified atom stereocenters. The molecule has 0 saturated carbocycles. The molecule has 0 spiro atoms. The Labute approximate surface area is 127 Å². The number of methoxy groups -OCH3 is 1. The lowest BCUT2D eigenvalue weighted by Crippen LogP contribution is -2.48. The van der Waals surface area contributed by atoms with Crippen LogP contribution in [0.25, 0.3) is 0 Å². The Hall–Kier alpha value is -1.99. The molecule has 1 fully saturated rings. The van der Waals surface area contributed by atoms with Crippen molar-refractivity contribution in [3.05, 3.63) is 35.4 Å². The van der Waals surface area contributed by atoms with E-state index in [1.807, 2.05) is 0 Å². The summed E-state index contributed by atoms with van der Waals surface area (Å²) in [6.07, 6.45) is -0.733. The van der Waals surface area contributed by atoms with Gasteiger partial charge in [0.1, 0.15) is 4.99 Å². The van der Waals surface area contributed by atoms with Gasteiger partial charge in [-0.1, -0.05) is 24.4 Å². The van der Waals surface area contributed by atoms with Gasteiger partial charge in [0.15, 0.2) is 6.10 Å². The summed E-state index contributed by atoms with van der Waals surface area (Å²) in [5.41, 5.74) is 6.74. The van der Waals surface area contributed by atoms with Gasteiger partial charge >= 0.3 is 5.97 Å². The normalized spacial score (nSPS) is 18.1. The van der Waals surface area contributed by atoms with Crippen molar-refractivity contribution >= 4 is 29.1 Å². The molecule has 1 aromatic rings. The van der Waals surface area contributed by atoms with Gasteiger partial charge in [0, 0.05) is 17.7 Å². The second kappa shape index (κ2) is 6.64. The molecule has 21 heavy (non-hydrogen) atoms. The summed E-state index contributed by atoms with van der Waals surface area (Å²) in [7, 11) is 1.29. The second-order valence-electron chi connectivity index (χ2n) is 4.58. The van der Waals surface area contributed by atoms with E-state index in [0.717, 1.165) is 0 Å². The summed E-state index contributed by atoms with van der Waals surface area (Å²) in [6, 6.07) is 6.74. The first kappa shape index (κ1) is 15.4. The third kappa shape index (κ3) is 3.56. The number of hydrogen-bond acceptors (Lipinski definition) is 5. The fourth-order valence-corrected chi connectivity index (χ4v) is 2.20. The van der Waals surface area contributed by atoms with Crippen molar-refractivity contribution in [1.82, 2.24) is 4.90 Å². The fourth-order valence-electron chi connectivity index (χ4n) is 2.07. The first-order valence-electron chi connectivity index (χ1n) is 6.41. The van der Waals surface area contributed by atoms with Crippen LogP contribution >= 0.6 is 12.2 Å². The van der Waals surface area contributed by atoms with Crippen LogP contribution in [0.5, 0.6) is 0 Å². The molecule has 2 N–H and O–H groups in total. The van der Waals surface area contributed by atoms with E-state index in [0.29, 0.717) is 24.3 Å². The van der Waals surface area contributed by atoms with Crippen molar-refractivity contribution in [2.75, 3.05) is 26.8 Å². The van der Waals surface area contributed by atoms with Gasteiger partial charge in [-0.15, -0.1) is 0 Å². The number of nitrogens with zero attached hydrogens (tertiary/aromatic N) is 1. The van der Waals surface area contributed by atoms with E-state index >= 15 is 0 Å². The lowest BCUT2D eigenvalue weighted by Gasteiger charge is -2.31. The van der Waals surface area contributed by atoms with Crippen LogP contribution < -0.4 is 5.73 Å². The largest absolute Gasteiger partial charge is 0.467 e. The smallest absolute Gasteiger partial charge is 0.336 e. The number of morpholine rings is 1. The summed E-state index contributed by atoms with van der Waals surface area (Å²) >= 11 is 4.87. The van der Waals surface area contributed by atoms with E-state index < -0.39 is 12.1 Å². The summed E-state index contributed by atoms with van der Waals surface area (Å²) < 4.78 is 9.93. The first-order valence-corrected chi connectivity index (χ1v) is 6.82. The van der Waals surface area contributed by atoms with Crippen LogP contribution in [0.15, 0.2) is 24.3 Å². The maximum atomic E-state index is 12.4. The molecule has 1 aliphatic rings. The highest BCUT2D eigenvalue weighted by Gasteiger charge is 2.30. The van der Waals surface area contributed by atoms with Gasteiger partial charge in [0.2, 0.25) is 0 Å². The highest BCUT2D eigenvalue weighted by atomic mass is 32.1. The van der Waals surface area contributed by atoms with Crippen LogP contribution in [0.4, 0.5) is 0 Å². The Kier molecular flexibility index (Phi) is 4.87. The van der Waals surface area contributed by atoms with Crippen molar-refractivity contribution < 1.29 is 19.1 Å². The molecule has 2 rings (SSSR count). The molecular formula is C14H16N2O4S. The van der Waals surface area contributed by atoms with E-state index in [1.54, 1.807) is 29.2 Å². The van der Waals surface area contributed by atoms with Gasteiger partial charge in [-0.25, -0.2) is 4.79 Å². The molecule has 0 aromatic heterocycles. The topological polar surface area (TPSA) is 81.9 Å². The third-order valence-electron chi connectivity index (χ3n) is 3.23. The van der Waals surface area contributed by atoms with Gasteiger partial charge in [-0.3, -0.25) is 4.79 Å². The maximum absolute atomic E-state index is 12.4. The molecule has 1 atom stereocenters. The minimum atomic E-state index is -0.733. The third-order valence-corrected chi connectivity index (χ3v) is 3.47. The number of esters is 1. The predicted octanol–water partition coefficient (Wildman–Crippen LogP) is 0.335. The summed E-state index contributed by atoms with van der Waals surface area (Å²) in [5.74, 6) is -0.641. The standard InChI is InChI=1S/C14H16N2O4S/c1-19-14(18)11-8-16(6-7-20-11)13(17)10-4-2-9(3-5-10)12(15)21/h2-5,11H,6-8H2,1H3,(H2,15,21). The van der Waals surface area contributed by atoms with Gasteiger partial charge in [0.25, 0.3) is 5.91 Å². The number of thiocarbonyl (C=S) groups is 1. The zero-order chi connectivity index (χ0) is 15.4. The molecular weight excluding hydrogens is 292 g/mol. The molecule has 0 bridgehead atoms. The number of ether oxygens (including phenoxy) is 2. The lowest BCUT2D eigenvalue weighted by atomic mass is 10.1. The molecule has 1 heterocycles. The van der Waals surface area contributed by atoms with Crippen LogP contribution in [0.2, 0.25) is 0 Å². The van der Waals surface area contributed by atoms with Gasteiger partial charge in [0.05, 0.1) is 20.3 Å². The quantitative estimate of drug-likeness (QED) is 0.640. The van der Waals surface area contributed by atoms with Crippen LogP contribution in [0, 0.1) is 0 Å². The second-order valence-corrected chi connectivity index (χ2v) is 5.02. The summed E-state index contributed by atoms with van der Waals surface area (Å²) in [6.45, 7) is 0.919. The monoisotopic (exact) mass is 308 g/mol. The molecule has 1 saturated heterocycles. The Morgan fingerprint density at radius 1 is 1.33 bits per heavy atom. The van der Waals surface area contributed by atoms with E-state index in [9.17, 15) is 9.59 Å². The average Bonchev–Trinajstić information content (AvgIpc) is 2.53. The van der Waals surface area contributed by atoms with E-state index in [4.69, 9.17) is 22.7 Å². The molecule has 1 aromatic carbocycles.